The molecule has 5 nitrogen and oxygen atoms in total. The standard InChI is InChI=1S/C8H16N2O3/c1-10(2)13-8(12)5-3-4-6-9-7-11/h7H,3-6H2,1-2H3,(H,9,11). The summed E-state index contributed by atoms with van der Waals surface area (Å²) in [6, 6.07) is 0. The fourth-order valence-electron chi connectivity index (χ4n) is 0.805. The average Bonchev–Trinajstić information content (AvgIpc) is 2.02. The number of rotatable bonds is 7. The topological polar surface area (TPSA) is 58.6 Å². The number of amides is 1. The van der Waals surface area contributed by atoms with E-state index in [1.165, 1.54) is 5.06 Å². The zero-order valence-electron chi connectivity index (χ0n) is 8.08. The average molecular weight is 188 g/mol. The Hall–Kier alpha value is -1.10. The number of unbranched alkanes of at least 4 members (excludes halogenated alkanes) is 1. The van der Waals surface area contributed by atoms with Gasteiger partial charge >= 0.3 is 5.97 Å². The van der Waals surface area contributed by atoms with Crippen molar-refractivity contribution in [3.8, 4) is 0 Å². The van der Waals surface area contributed by atoms with Crippen molar-refractivity contribution in [1.82, 2.24) is 10.4 Å². The molecule has 0 atom stereocenters. The highest BCUT2D eigenvalue weighted by Gasteiger charge is 2.03. The zero-order chi connectivity index (χ0) is 10.1. The molecule has 0 saturated carbocycles. The van der Waals surface area contributed by atoms with E-state index in [-0.39, 0.29) is 5.97 Å². The van der Waals surface area contributed by atoms with Crippen LogP contribution in [0.25, 0.3) is 0 Å². The van der Waals surface area contributed by atoms with Crippen LogP contribution >= 0.6 is 0 Å². The van der Waals surface area contributed by atoms with Crippen LogP contribution in [0.5, 0.6) is 0 Å². The number of nitrogens with one attached hydrogen (secondary N) is 1. The Morgan fingerprint density at radius 3 is 2.69 bits per heavy atom. The molecule has 0 aliphatic rings. The second-order valence-corrected chi connectivity index (χ2v) is 2.80. The minimum Gasteiger partial charge on any atom is -0.369 e. The first-order valence-corrected chi connectivity index (χ1v) is 4.22. The number of carbonyl (C=O) groups excluding carboxylic acids is 2. The molecule has 5 heteroatoms. The van der Waals surface area contributed by atoms with Crippen molar-refractivity contribution in [2.75, 3.05) is 20.6 Å². The van der Waals surface area contributed by atoms with Crippen LogP contribution in [0.15, 0.2) is 0 Å². The lowest BCUT2D eigenvalue weighted by Crippen LogP contribution is -2.18. The zero-order valence-corrected chi connectivity index (χ0v) is 8.08. The van der Waals surface area contributed by atoms with Gasteiger partial charge in [-0.25, -0.2) is 0 Å². The van der Waals surface area contributed by atoms with Crippen LogP contribution in [0.1, 0.15) is 19.3 Å². The van der Waals surface area contributed by atoms with Crippen LogP contribution in [-0.2, 0) is 14.4 Å². The first-order valence-electron chi connectivity index (χ1n) is 4.22. The Bertz CT molecular complexity index is 159. The van der Waals surface area contributed by atoms with Crippen LogP contribution in [0.4, 0.5) is 0 Å². The predicted molar refractivity (Wildman–Crippen MR) is 47.7 cm³/mol. The van der Waals surface area contributed by atoms with Crippen molar-refractivity contribution in [2.45, 2.75) is 19.3 Å². The molecule has 0 aromatic heterocycles. The summed E-state index contributed by atoms with van der Waals surface area (Å²) in [5, 5.41) is 3.89. The van der Waals surface area contributed by atoms with Crippen LogP contribution in [-0.4, -0.2) is 38.1 Å². The van der Waals surface area contributed by atoms with Gasteiger partial charge in [-0.15, -0.1) is 5.06 Å². The summed E-state index contributed by atoms with van der Waals surface area (Å²) in [5.41, 5.74) is 0. The van der Waals surface area contributed by atoms with E-state index < -0.39 is 0 Å². The molecule has 13 heavy (non-hydrogen) atoms. The number of nitrogens with zero attached hydrogens (tertiary/aromatic N) is 1. The minimum atomic E-state index is -0.240. The molecule has 0 aliphatic heterocycles. The molecule has 0 aromatic carbocycles. The third-order valence-corrected chi connectivity index (χ3v) is 1.32. The fraction of sp³-hybridized carbons (Fsp3) is 0.750. The van der Waals surface area contributed by atoms with E-state index in [0.717, 1.165) is 12.8 Å². The van der Waals surface area contributed by atoms with E-state index in [1.807, 2.05) is 0 Å². The van der Waals surface area contributed by atoms with Gasteiger partial charge in [0.15, 0.2) is 0 Å². The number of hydrogen-bond acceptors (Lipinski definition) is 4. The maximum Gasteiger partial charge on any atom is 0.325 e. The third kappa shape index (κ3) is 8.81. The summed E-state index contributed by atoms with van der Waals surface area (Å²) in [6.07, 6.45) is 2.56. The fourth-order valence-corrected chi connectivity index (χ4v) is 0.805. The van der Waals surface area contributed by atoms with E-state index >= 15 is 0 Å². The van der Waals surface area contributed by atoms with Crippen molar-refractivity contribution in [2.24, 2.45) is 0 Å². The SMILES string of the molecule is CN(C)OC(=O)CCCCNC=O. The number of hydrogen-bond donors (Lipinski definition) is 1. The van der Waals surface area contributed by atoms with Gasteiger partial charge in [0.2, 0.25) is 6.41 Å². The maximum atomic E-state index is 10.9. The highest BCUT2D eigenvalue weighted by Crippen LogP contribution is 1.97. The van der Waals surface area contributed by atoms with Crippen LogP contribution in [0, 0.1) is 0 Å². The predicted octanol–water partition coefficient (Wildman–Crippen LogP) is -0.0775. The summed E-state index contributed by atoms with van der Waals surface area (Å²) in [7, 11) is 3.32. The summed E-state index contributed by atoms with van der Waals surface area (Å²) in [4.78, 5) is 25.5. The molecule has 0 rings (SSSR count). The molecular formula is C8H16N2O3. The molecule has 0 aliphatic carbocycles. The van der Waals surface area contributed by atoms with E-state index in [1.54, 1.807) is 14.1 Å². The van der Waals surface area contributed by atoms with Gasteiger partial charge in [-0.05, 0) is 12.8 Å². The van der Waals surface area contributed by atoms with Crippen molar-refractivity contribution in [1.29, 1.82) is 0 Å². The molecule has 0 fully saturated rings. The van der Waals surface area contributed by atoms with Crippen LogP contribution in [0.2, 0.25) is 0 Å². The highest BCUT2D eigenvalue weighted by atomic mass is 16.7. The first kappa shape index (κ1) is 11.9. The lowest BCUT2D eigenvalue weighted by Gasteiger charge is -2.09. The third-order valence-electron chi connectivity index (χ3n) is 1.32. The lowest BCUT2D eigenvalue weighted by atomic mass is 10.2. The molecule has 0 saturated heterocycles. The van der Waals surface area contributed by atoms with Crippen molar-refractivity contribution in [3.63, 3.8) is 0 Å². The number of carbonyl (C=O) groups is 2. The van der Waals surface area contributed by atoms with Gasteiger partial charge in [-0.3, -0.25) is 9.59 Å². The van der Waals surface area contributed by atoms with Gasteiger partial charge in [-0.1, -0.05) is 0 Å². The summed E-state index contributed by atoms with van der Waals surface area (Å²) >= 11 is 0. The van der Waals surface area contributed by atoms with Gasteiger partial charge < -0.3 is 10.2 Å². The second-order valence-electron chi connectivity index (χ2n) is 2.80. The van der Waals surface area contributed by atoms with Gasteiger partial charge in [0.05, 0.1) is 0 Å². The maximum absolute atomic E-state index is 10.9. The van der Waals surface area contributed by atoms with E-state index in [9.17, 15) is 9.59 Å². The summed E-state index contributed by atoms with van der Waals surface area (Å²) in [5.74, 6) is -0.240. The minimum absolute atomic E-state index is 0.240. The molecular weight excluding hydrogens is 172 g/mol. The Labute approximate surface area is 78.0 Å². The molecule has 0 spiro atoms. The van der Waals surface area contributed by atoms with Crippen LogP contribution < -0.4 is 5.32 Å². The van der Waals surface area contributed by atoms with Gasteiger partial charge in [0.25, 0.3) is 0 Å². The largest absolute Gasteiger partial charge is 0.369 e. The lowest BCUT2D eigenvalue weighted by molar-refractivity contribution is -0.178. The van der Waals surface area contributed by atoms with Crippen molar-refractivity contribution < 1.29 is 14.4 Å². The van der Waals surface area contributed by atoms with E-state index in [0.29, 0.717) is 19.4 Å². The molecule has 0 radical (unpaired) electrons. The Morgan fingerprint density at radius 2 is 2.15 bits per heavy atom. The Kier molecular flexibility index (Phi) is 6.91. The molecule has 0 aromatic rings. The molecule has 0 heterocycles. The Morgan fingerprint density at radius 1 is 1.46 bits per heavy atom. The molecule has 1 amide bonds. The van der Waals surface area contributed by atoms with Gasteiger partial charge in [0, 0.05) is 27.1 Å². The molecule has 1 N–H and O–H groups in total. The quantitative estimate of drug-likeness (QED) is 0.345. The second kappa shape index (κ2) is 7.54. The summed E-state index contributed by atoms with van der Waals surface area (Å²) in [6.45, 7) is 0.610. The molecule has 0 unspecified atom stereocenters. The normalized spacial score (nSPS) is 9.77. The summed E-state index contributed by atoms with van der Waals surface area (Å²) < 4.78 is 0. The first-order chi connectivity index (χ1) is 6.16. The highest BCUT2D eigenvalue weighted by molar-refractivity contribution is 5.68. The Balaban J connectivity index is 3.22. The van der Waals surface area contributed by atoms with Gasteiger partial charge in [-0.2, -0.15) is 0 Å². The van der Waals surface area contributed by atoms with Crippen molar-refractivity contribution >= 4 is 12.4 Å². The monoisotopic (exact) mass is 188 g/mol. The van der Waals surface area contributed by atoms with Gasteiger partial charge in [0.1, 0.15) is 0 Å². The van der Waals surface area contributed by atoms with E-state index in [2.05, 4.69) is 5.32 Å². The molecule has 0 bridgehead atoms. The van der Waals surface area contributed by atoms with Crippen LogP contribution in [0.3, 0.4) is 0 Å². The smallest absolute Gasteiger partial charge is 0.325 e. The van der Waals surface area contributed by atoms with Crippen molar-refractivity contribution in [3.05, 3.63) is 0 Å². The number of hydroxylamine groups is 2. The van der Waals surface area contributed by atoms with E-state index in [4.69, 9.17) is 4.84 Å². The molecule has 76 valence electrons.